The van der Waals surface area contributed by atoms with Gasteiger partial charge in [0.25, 0.3) is 0 Å². The molecule has 2 saturated carbocycles. The Morgan fingerprint density at radius 2 is 1.80 bits per heavy atom. The first-order valence-electron chi connectivity index (χ1n) is 4.24. The van der Waals surface area contributed by atoms with Crippen LogP contribution in [0, 0.1) is 10.8 Å². The second-order valence-electron chi connectivity index (χ2n) is 4.62. The molecule has 0 aromatic heterocycles. The Balaban J connectivity index is 2.19. The van der Waals surface area contributed by atoms with Gasteiger partial charge in [0.2, 0.25) is 0 Å². The molecule has 0 radical (unpaired) electrons. The Morgan fingerprint density at radius 1 is 1.20 bits per heavy atom. The third-order valence-corrected chi connectivity index (χ3v) is 5.22. The van der Waals surface area contributed by atoms with Gasteiger partial charge < -0.3 is 0 Å². The molecule has 2 aliphatic rings. The largest absolute Gasteiger partial charge is 0.0858 e. The molecule has 0 aliphatic heterocycles. The number of hydrogen-bond acceptors (Lipinski definition) is 0. The van der Waals surface area contributed by atoms with Crippen LogP contribution >= 0.6 is 22.6 Å². The predicted octanol–water partition coefficient (Wildman–Crippen LogP) is 3.39. The van der Waals surface area contributed by atoms with Crippen LogP contribution in [0.4, 0.5) is 0 Å². The smallest absolute Gasteiger partial charge is 0.00522 e. The van der Waals surface area contributed by atoms with Gasteiger partial charge in [0.15, 0.2) is 0 Å². The summed E-state index contributed by atoms with van der Waals surface area (Å²) in [4.78, 5) is 0. The number of hydrogen-bond donors (Lipinski definition) is 0. The van der Waals surface area contributed by atoms with E-state index >= 15 is 0 Å². The summed E-state index contributed by atoms with van der Waals surface area (Å²) in [5.41, 5.74) is 1.57. The average molecular weight is 250 g/mol. The van der Waals surface area contributed by atoms with E-state index in [0.717, 1.165) is 10.8 Å². The zero-order valence-corrected chi connectivity index (χ0v) is 8.78. The SMILES string of the molecule is CC12CCC(CI)(CC1)C2. The first-order chi connectivity index (χ1) is 4.68. The van der Waals surface area contributed by atoms with Crippen molar-refractivity contribution < 1.29 is 0 Å². The van der Waals surface area contributed by atoms with Crippen LogP contribution < -0.4 is 0 Å². The topological polar surface area (TPSA) is 0 Å². The molecule has 0 spiro atoms. The number of rotatable bonds is 1. The van der Waals surface area contributed by atoms with E-state index < -0.39 is 0 Å². The number of alkyl halides is 1. The second kappa shape index (κ2) is 2.11. The standard InChI is InChI=1S/C9H15I/c1-8-2-4-9(6-8,7-10)5-3-8/h2-7H2,1H3. The maximum atomic E-state index is 2.58. The van der Waals surface area contributed by atoms with Crippen LogP contribution in [-0.2, 0) is 0 Å². The van der Waals surface area contributed by atoms with E-state index in [4.69, 9.17) is 0 Å². The minimum Gasteiger partial charge on any atom is -0.0858 e. The fourth-order valence-corrected chi connectivity index (χ4v) is 3.86. The molecule has 0 N–H and O–H groups in total. The maximum Gasteiger partial charge on any atom is 0.00522 e. The van der Waals surface area contributed by atoms with Crippen LogP contribution in [0.15, 0.2) is 0 Å². The highest BCUT2D eigenvalue weighted by Gasteiger charge is 2.50. The summed E-state index contributed by atoms with van der Waals surface area (Å²) in [6, 6.07) is 0. The monoisotopic (exact) mass is 250 g/mol. The summed E-state index contributed by atoms with van der Waals surface area (Å²) >= 11 is 2.58. The lowest BCUT2D eigenvalue weighted by atomic mass is 9.84. The van der Waals surface area contributed by atoms with Gasteiger partial charge in [-0.1, -0.05) is 29.5 Å². The van der Waals surface area contributed by atoms with Crippen LogP contribution in [0.25, 0.3) is 0 Å². The van der Waals surface area contributed by atoms with Crippen molar-refractivity contribution in [3.63, 3.8) is 0 Å². The quantitative estimate of drug-likeness (QED) is 0.494. The van der Waals surface area contributed by atoms with Crippen molar-refractivity contribution in [1.82, 2.24) is 0 Å². The van der Waals surface area contributed by atoms with E-state index in [2.05, 4.69) is 29.5 Å². The summed E-state index contributed by atoms with van der Waals surface area (Å²) in [7, 11) is 0. The van der Waals surface area contributed by atoms with Crippen LogP contribution in [0.3, 0.4) is 0 Å². The van der Waals surface area contributed by atoms with Gasteiger partial charge in [0.1, 0.15) is 0 Å². The van der Waals surface area contributed by atoms with Crippen LogP contribution in [-0.4, -0.2) is 4.43 Å². The van der Waals surface area contributed by atoms with E-state index in [1.807, 2.05) is 0 Å². The minimum absolute atomic E-state index is 0.769. The highest BCUT2D eigenvalue weighted by Crippen LogP contribution is 2.61. The summed E-state index contributed by atoms with van der Waals surface area (Å²) in [6.07, 6.45) is 7.59. The molecule has 2 bridgehead atoms. The molecule has 10 heavy (non-hydrogen) atoms. The van der Waals surface area contributed by atoms with Crippen molar-refractivity contribution in [2.45, 2.75) is 39.0 Å². The van der Waals surface area contributed by atoms with Crippen LogP contribution in [0.1, 0.15) is 39.0 Å². The second-order valence-corrected chi connectivity index (χ2v) is 5.38. The molecule has 0 unspecified atom stereocenters. The Bertz CT molecular complexity index is 143. The fourth-order valence-electron chi connectivity index (χ4n) is 2.82. The third kappa shape index (κ3) is 0.926. The van der Waals surface area contributed by atoms with Gasteiger partial charge in [0.05, 0.1) is 0 Å². The van der Waals surface area contributed by atoms with Gasteiger partial charge in [-0.05, 0) is 42.9 Å². The molecule has 0 aromatic carbocycles. The lowest BCUT2D eigenvalue weighted by Gasteiger charge is -2.23. The van der Waals surface area contributed by atoms with Gasteiger partial charge in [-0.3, -0.25) is 0 Å². The zero-order chi connectivity index (χ0) is 7.24. The van der Waals surface area contributed by atoms with Gasteiger partial charge >= 0.3 is 0 Å². The van der Waals surface area contributed by atoms with Crippen molar-refractivity contribution in [3.05, 3.63) is 0 Å². The summed E-state index contributed by atoms with van der Waals surface area (Å²) in [5, 5.41) is 0. The van der Waals surface area contributed by atoms with Crippen LogP contribution in [0.2, 0.25) is 0 Å². The Kier molecular flexibility index (Phi) is 1.56. The Hall–Kier alpha value is 0.730. The predicted molar refractivity (Wildman–Crippen MR) is 52.5 cm³/mol. The van der Waals surface area contributed by atoms with E-state index in [1.54, 1.807) is 0 Å². The fraction of sp³-hybridized carbons (Fsp3) is 1.00. The first kappa shape index (κ1) is 7.38. The molecule has 2 aliphatic carbocycles. The van der Waals surface area contributed by atoms with Crippen molar-refractivity contribution in [3.8, 4) is 0 Å². The molecule has 0 amide bonds. The molecule has 0 atom stereocenters. The normalized spacial score (nSPS) is 52.2. The van der Waals surface area contributed by atoms with Crippen molar-refractivity contribution >= 4 is 22.6 Å². The molecule has 58 valence electrons. The van der Waals surface area contributed by atoms with Gasteiger partial charge in [-0.15, -0.1) is 0 Å². The molecular weight excluding hydrogens is 235 g/mol. The number of fused-ring (bicyclic) bond motifs is 2. The van der Waals surface area contributed by atoms with E-state index in [-0.39, 0.29) is 0 Å². The lowest BCUT2D eigenvalue weighted by Crippen LogP contribution is -2.14. The summed E-state index contributed by atoms with van der Waals surface area (Å²) < 4.78 is 1.40. The highest BCUT2D eigenvalue weighted by atomic mass is 127. The summed E-state index contributed by atoms with van der Waals surface area (Å²) in [5.74, 6) is 0. The van der Waals surface area contributed by atoms with Gasteiger partial charge in [0, 0.05) is 4.43 Å². The Labute approximate surface area is 76.9 Å². The highest BCUT2D eigenvalue weighted by molar-refractivity contribution is 14.1. The molecule has 0 heterocycles. The van der Waals surface area contributed by atoms with Gasteiger partial charge in [-0.2, -0.15) is 0 Å². The molecule has 2 rings (SSSR count). The van der Waals surface area contributed by atoms with E-state index in [1.165, 1.54) is 36.5 Å². The molecule has 0 saturated heterocycles. The molecule has 1 heteroatoms. The summed E-state index contributed by atoms with van der Waals surface area (Å²) in [6.45, 7) is 2.48. The molecule has 0 aromatic rings. The number of halogens is 1. The molecule has 2 fully saturated rings. The zero-order valence-electron chi connectivity index (χ0n) is 6.62. The maximum absolute atomic E-state index is 2.58. The Morgan fingerprint density at radius 3 is 2.00 bits per heavy atom. The van der Waals surface area contributed by atoms with E-state index in [9.17, 15) is 0 Å². The molecular formula is C9H15I. The third-order valence-electron chi connectivity index (χ3n) is 3.60. The van der Waals surface area contributed by atoms with Crippen molar-refractivity contribution in [2.24, 2.45) is 10.8 Å². The molecule has 0 nitrogen and oxygen atoms in total. The van der Waals surface area contributed by atoms with Crippen molar-refractivity contribution in [1.29, 1.82) is 0 Å². The average Bonchev–Trinajstić information content (AvgIpc) is 2.42. The van der Waals surface area contributed by atoms with Gasteiger partial charge in [-0.25, -0.2) is 0 Å². The minimum atomic E-state index is 0.769. The van der Waals surface area contributed by atoms with Crippen LogP contribution in [0.5, 0.6) is 0 Å². The first-order valence-corrected chi connectivity index (χ1v) is 5.77. The lowest BCUT2D eigenvalue weighted by molar-refractivity contribution is 0.313. The van der Waals surface area contributed by atoms with E-state index in [0.29, 0.717) is 0 Å². The van der Waals surface area contributed by atoms with Crippen molar-refractivity contribution in [2.75, 3.05) is 4.43 Å².